The Morgan fingerprint density at radius 1 is 0.871 bits per heavy atom. The molecular weight excluding hydrogens is 420 g/mol. The number of amides is 3. The first-order chi connectivity index (χ1) is 14.0. The van der Waals surface area contributed by atoms with Crippen LogP contribution in [0.1, 0.15) is 54.4 Å². The minimum absolute atomic E-state index is 0.0688. The summed E-state index contributed by atoms with van der Waals surface area (Å²) in [4.78, 5) is 59.2. The van der Waals surface area contributed by atoms with Gasteiger partial charge in [0.15, 0.2) is 0 Å². The number of hydrogen-bond acceptors (Lipinski definition) is 6. The molecule has 0 saturated heterocycles. The van der Waals surface area contributed by atoms with E-state index in [2.05, 4.69) is 10.6 Å². The van der Waals surface area contributed by atoms with Gasteiger partial charge in [0.2, 0.25) is 18.2 Å². The zero-order valence-electron chi connectivity index (χ0n) is 18.5. The normalized spacial score (nSPS) is 14.4. The zero-order chi connectivity index (χ0) is 24.5. The maximum absolute atomic E-state index is 12.7. The maximum atomic E-state index is 12.7. The second-order valence-corrected chi connectivity index (χ2v) is 8.42. The molecule has 10 nitrogen and oxygen atoms in total. The molecule has 0 aliphatic carbocycles. The fraction of sp³-hybridized carbons (Fsp3) is 0.737. The van der Waals surface area contributed by atoms with Crippen molar-refractivity contribution in [2.45, 2.75) is 84.5 Å². The lowest BCUT2D eigenvalue weighted by Gasteiger charge is -2.25. The molecule has 3 atom stereocenters. The van der Waals surface area contributed by atoms with E-state index in [1.54, 1.807) is 34.6 Å². The van der Waals surface area contributed by atoms with Crippen LogP contribution in [0.5, 0.6) is 0 Å². The summed E-state index contributed by atoms with van der Waals surface area (Å²) >= 11 is 0. The van der Waals surface area contributed by atoms with Crippen LogP contribution >= 0.6 is 0 Å². The third-order valence-electron chi connectivity index (χ3n) is 3.72. The summed E-state index contributed by atoms with van der Waals surface area (Å²) in [6, 6.07) is -4.30. The number of alkyl carbamates (subject to hydrolysis) is 1. The van der Waals surface area contributed by atoms with Gasteiger partial charge in [-0.05, 0) is 40.0 Å². The van der Waals surface area contributed by atoms with Crippen LogP contribution in [0.3, 0.4) is 0 Å². The molecule has 0 radical (unpaired) electrons. The van der Waals surface area contributed by atoms with Crippen molar-refractivity contribution >= 4 is 29.7 Å². The van der Waals surface area contributed by atoms with Gasteiger partial charge in [-0.1, -0.05) is 13.8 Å². The average molecular weight is 451 g/mol. The number of Topliss-reactive ketones (excluding diaryl/α,β-unsaturated/α-hetero) is 1. The summed E-state index contributed by atoms with van der Waals surface area (Å²) in [5.74, 6) is -5.45. The van der Waals surface area contributed by atoms with Gasteiger partial charge in [0, 0.05) is 6.42 Å². The van der Waals surface area contributed by atoms with Gasteiger partial charge in [0.25, 0.3) is 5.78 Å². The van der Waals surface area contributed by atoms with E-state index >= 15 is 0 Å². The van der Waals surface area contributed by atoms with E-state index < -0.39 is 66.2 Å². The van der Waals surface area contributed by atoms with Crippen LogP contribution in [0.4, 0.5) is 13.6 Å². The van der Waals surface area contributed by atoms with E-state index in [0.717, 1.165) is 0 Å². The summed E-state index contributed by atoms with van der Waals surface area (Å²) in [6.07, 6.45) is -5.01. The van der Waals surface area contributed by atoms with Crippen LogP contribution in [-0.4, -0.2) is 64.9 Å². The Morgan fingerprint density at radius 2 is 1.39 bits per heavy atom. The average Bonchev–Trinajstić information content (AvgIpc) is 2.56. The van der Waals surface area contributed by atoms with Crippen molar-refractivity contribution in [3.63, 3.8) is 0 Å². The lowest BCUT2D eigenvalue weighted by molar-refractivity contribution is -0.151. The van der Waals surface area contributed by atoms with E-state index in [1.165, 1.54) is 6.92 Å². The van der Waals surface area contributed by atoms with Crippen LogP contribution in [0.15, 0.2) is 0 Å². The molecule has 0 rings (SSSR count). The van der Waals surface area contributed by atoms with Gasteiger partial charge in [-0.15, -0.1) is 0 Å². The van der Waals surface area contributed by atoms with Crippen molar-refractivity contribution in [1.29, 1.82) is 0 Å². The highest BCUT2D eigenvalue weighted by Gasteiger charge is 2.33. The predicted octanol–water partition coefficient (Wildman–Crippen LogP) is 1.22. The number of carbonyl (C=O) groups excluding carboxylic acids is 4. The van der Waals surface area contributed by atoms with Crippen molar-refractivity contribution in [2.24, 2.45) is 5.92 Å². The number of aliphatic carboxylic acids is 1. The monoisotopic (exact) mass is 451 g/mol. The van der Waals surface area contributed by atoms with E-state index in [4.69, 9.17) is 9.84 Å². The Labute approximate surface area is 179 Å². The molecule has 12 heteroatoms. The van der Waals surface area contributed by atoms with E-state index in [1.807, 2.05) is 5.32 Å². The molecule has 0 saturated carbocycles. The number of rotatable bonds is 11. The molecule has 0 spiro atoms. The molecule has 0 aromatic carbocycles. The van der Waals surface area contributed by atoms with Crippen LogP contribution < -0.4 is 16.0 Å². The van der Waals surface area contributed by atoms with Crippen LogP contribution in [0, 0.1) is 5.92 Å². The van der Waals surface area contributed by atoms with Crippen molar-refractivity contribution in [2.75, 3.05) is 0 Å². The molecule has 0 aromatic heterocycles. The number of alkyl halides is 2. The van der Waals surface area contributed by atoms with E-state index in [9.17, 15) is 32.8 Å². The highest BCUT2D eigenvalue weighted by molar-refractivity contribution is 6.35. The molecule has 4 N–H and O–H groups in total. The molecule has 0 aliphatic rings. The first-order valence-electron chi connectivity index (χ1n) is 9.69. The second kappa shape index (κ2) is 12.2. The Morgan fingerprint density at radius 3 is 1.81 bits per heavy atom. The number of nitrogens with one attached hydrogen (secondary N) is 3. The lowest BCUT2D eigenvalue weighted by atomic mass is 10.0. The SMILES string of the molecule is CC(C)C[C@H](NC(=O)[C@H](C)NC(=O)OC(C)(C)C)C(=O)NC(CC(F)F)C(=O)C(=O)O. The number of hydrogen-bond donors (Lipinski definition) is 4. The molecule has 0 aromatic rings. The van der Waals surface area contributed by atoms with Gasteiger partial charge in [0.1, 0.15) is 23.7 Å². The fourth-order valence-corrected chi connectivity index (χ4v) is 2.38. The first-order valence-corrected chi connectivity index (χ1v) is 9.69. The molecular formula is C19H31F2N3O7. The van der Waals surface area contributed by atoms with Gasteiger partial charge in [-0.2, -0.15) is 0 Å². The fourth-order valence-electron chi connectivity index (χ4n) is 2.38. The van der Waals surface area contributed by atoms with Gasteiger partial charge < -0.3 is 25.8 Å². The Balaban J connectivity index is 5.28. The van der Waals surface area contributed by atoms with E-state index in [-0.39, 0.29) is 12.3 Å². The number of carbonyl (C=O) groups is 5. The summed E-state index contributed by atoms with van der Waals surface area (Å²) in [5.41, 5.74) is -0.795. The third-order valence-corrected chi connectivity index (χ3v) is 3.72. The summed E-state index contributed by atoms with van der Waals surface area (Å²) in [5, 5.41) is 15.4. The highest BCUT2D eigenvalue weighted by atomic mass is 19.3. The first kappa shape index (κ1) is 28.2. The van der Waals surface area contributed by atoms with E-state index in [0.29, 0.717) is 0 Å². The maximum Gasteiger partial charge on any atom is 0.408 e. The second-order valence-electron chi connectivity index (χ2n) is 8.42. The molecule has 0 aliphatic heterocycles. The van der Waals surface area contributed by atoms with Crippen LogP contribution in [0.25, 0.3) is 0 Å². The van der Waals surface area contributed by atoms with Gasteiger partial charge in [0.05, 0.1) is 0 Å². The minimum Gasteiger partial charge on any atom is -0.475 e. The molecule has 1 unspecified atom stereocenters. The van der Waals surface area contributed by atoms with Crippen LogP contribution in [-0.2, 0) is 23.9 Å². The lowest BCUT2D eigenvalue weighted by Crippen LogP contribution is -2.56. The Kier molecular flexibility index (Phi) is 11.1. The van der Waals surface area contributed by atoms with Crippen molar-refractivity contribution < 1.29 is 42.6 Å². The molecule has 178 valence electrons. The Hall–Kier alpha value is -2.79. The topological polar surface area (TPSA) is 151 Å². The molecule has 0 bridgehead atoms. The number of halogens is 2. The van der Waals surface area contributed by atoms with Gasteiger partial charge in [-0.3, -0.25) is 14.4 Å². The standard InChI is InChI=1S/C19H31F2N3O7/c1-9(2)7-12(16(27)23-11(8-13(20)21)14(25)17(28)29)24-15(26)10(3)22-18(30)31-19(4,5)6/h9-13H,7-8H2,1-6H3,(H,22,30)(H,23,27)(H,24,26)(H,28,29)/t10-,11?,12-/m0/s1. The van der Waals surface area contributed by atoms with Gasteiger partial charge >= 0.3 is 12.1 Å². The van der Waals surface area contributed by atoms with Crippen molar-refractivity contribution in [3.8, 4) is 0 Å². The number of ketones is 1. The minimum atomic E-state index is -3.04. The third kappa shape index (κ3) is 11.8. The molecule has 3 amide bonds. The molecule has 0 heterocycles. The predicted molar refractivity (Wildman–Crippen MR) is 105 cm³/mol. The van der Waals surface area contributed by atoms with Gasteiger partial charge in [-0.25, -0.2) is 18.4 Å². The van der Waals surface area contributed by atoms with Crippen molar-refractivity contribution in [1.82, 2.24) is 16.0 Å². The summed E-state index contributed by atoms with van der Waals surface area (Å²) in [6.45, 7) is 9.70. The smallest absolute Gasteiger partial charge is 0.408 e. The highest BCUT2D eigenvalue weighted by Crippen LogP contribution is 2.10. The largest absolute Gasteiger partial charge is 0.475 e. The molecule has 31 heavy (non-hydrogen) atoms. The zero-order valence-corrected chi connectivity index (χ0v) is 18.5. The van der Waals surface area contributed by atoms with Crippen LogP contribution in [0.2, 0.25) is 0 Å². The summed E-state index contributed by atoms with van der Waals surface area (Å²) < 4.78 is 30.5. The number of ether oxygens (including phenoxy) is 1. The Bertz CT molecular complexity index is 678. The number of carboxylic acids is 1. The summed E-state index contributed by atoms with van der Waals surface area (Å²) in [7, 11) is 0. The van der Waals surface area contributed by atoms with Crippen molar-refractivity contribution in [3.05, 3.63) is 0 Å². The quantitative estimate of drug-likeness (QED) is 0.345. The molecule has 0 fully saturated rings. The number of carboxylic acid groups (broad SMARTS) is 1.